The van der Waals surface area contributed by atoms with Crippen LogP contribution in [0.1, 0.15) is 19.8 Å². The van der Waals surface area contributed by atoms with Crippen LogP contribution < -0.4 is 11.1 Å². The van der Waals surface area contributed by atoms with Crippen molar-refractivity contribution in [1.82, 2.24) is 10.2 Å². The number of amides is 2. The Balaban J connectivity index is 1.99. The van der Waals surface area contributed by atoms with Crippen LogP contribution in [0.25, 0.3) is 0 Å². The van der Waals surface area contributed by atoms with E-state index in [-0.39, 0.29) is 23.2 Å². The number of piperidine rings is 1. The SMILES string of the molecule is CC1CCC(CN)CN1C(=O)C1CSC(=O)N1. The summed E-state index contributed by atoms with van der Waals surface area (Å²) in [5.74, 6) is 1.00. The first-order valence-electron chi connectivity index (χ1n) is 6.05. The summed E-state index contributed by atoms with van der Waals surface area (Å²) in [6.45, 7) is 3.42. The molecule has 3 atom stereocenters. The molecule has 0 aromatic rings. The van der Waals surface area contributed by atoms with E-state index in [2.05, 4.69) is 12.2 Å². The van der Waals surface area contributed by atoms with E-state index >= 15 is 0 Å². The van der Waals surface area contributed by atoms with Gasteiger partial charge in [0.25, 0.3) is 5.24 Å². The number of nitrogens with zero attached hydrogens (tertiary/aromatic N) is 1. The molecule has 2 saturated heterocycles. The molecule has 0 aliphatic carbocycles. The first kappa shape index (κ1) is 12.7. The highest BCUT2D eigenvalue weighted by Gasteiger charge is 2.35. The summed E-state index contributed by atoms with van der Waals surface area (Å²) in [5, 5.41) is 2.61. The Kier molecular flexibility index (Phi) is 3.93. The standard InChI is InChI=1S/C11H19N3O2S/c1-7-2-3-8(4-12)5-14(7)10(15)9-6-17-11(16)13-9/h7-9H,2-6,12H2,1H3,(H,13,16). The van der Waals surface area contributed by atoms with Gasteiger partial charge in [-0.05, 0) is 32.2 Å². The van der Waals surface area contributed by atoms with E-state index in [1.807, 2.05) is 4.90 Å². The maximum absolute atomic E-state index is 12.3. The van der Waals surface area contributed by atoms with E-state index in [1.54, 1.807) is 0 Å². The summed E-state index contributed by atoms with van der Waals surface area (Å²) >= 11 is 1.18. The Morgan fingerprint density at radius 3 is 2.94 bits per heavy atom. The summed E-state index contributed by atoms with van der Waals surface area (Å²) in [6, 6.07) is -0.0840. The van der Waals surface area contributed by atoms with Crippen LogP contribution in [0.4, 0.5) is 4.79 Å². The lowest BCUT2D eigenvalue weighted by Crippen LogP contribution is -2.53. The van der Waals surface area contributed by atoms with Crippen molar-refractivity contribution in [3.63, 3.8) is 0 Å². The fourth-order valence-corrected chi connectivity index (χ4v) is 3.17. The molecule has 0 saturated carbocycles. The Hall–Kier alpha value is -0.750. The van der Waals surface area contributed by atoms with E-state index in [9.17, 15) is 9.59 Å². The molecule has 17 heavy (non-hydrogen) atoms. The molecular weight excluding hydrogens is 238 g/mol. The molecule has 2 aliphatic heterocycles. The third kappa shape index (κ3) is 2.74. The highest BCUT2D eigenvalue weighted by molar-refractivity contribution is 8.14. The second-order valence-electron chi connectivity index (χ2n) is 4.81. The zero-order valence-corrected chi connectivity index (χ0v) is 10.8. The predicted octanol–water partition coefficient (Wildman–Crippen LogP) is 0.397. The average molecular weight is 257 g/mol. The molecule has 0 aromatic heterocycles. The van der Waals surface area contributed by atoms with Gasteiger partial charge in [0.05, 0.1) is 0 Å². The number of carbonyl (C=O) groups excluding carboxylic acids is 2. The molecule has 0 aromatic carbocycles. The molecule has 6 heteroatoms. The summed E-state index contributed by atoms with van der Waals surface area (Å²) in [6.07, 6.45) is 2.09. The number of nitrogens with one attached hydrogen (secondary N) is 1. The predicted molar refractivity (Wildman–Crippen MR) is 67.7 cm³/mol. The van der Waals surface area contributed by atoms with Crippen molar-refractivity contribution in [3.8, 4) is 0 Å². The average Bonchev–Trinajstić information content (AvgIpc) is 2.76. The van der Waals surface area contributed by atoms with Gasteiger partial charge in [-0.2, -0.15) is 0 Å². The monoisotopic (exact) mass is 257 g/mol. The maximum Gasteiger partial charge on any atom is 0.279 e. The number of rotatable bonds is 2. The van der Waals surface area contributed by atoms with Crippen LogP contribution in [0, 0.1) is 5.92 Å². The fourth-order valence-electron chi connectivity index (χ4n) is 2.40. The second-order valence-corrected chi connectivity index (χ2v) is 5.81. The molecule has 2 aliphatic rings. The molecule has 3 unspecified atom stereocenters. The van der Waals surface area contributed by atoms with Gasteiger partial charge in [0.2, 0.25) is 5.91 Å². The molecule has 0 radical (unpaired) electrons. The Morgan fingerprint density at radius 1 is 1.59 bits per heavy atom. The van der Waals surface area contributed by atoms with Gasteiger partial charge in [0.15, 0.2) is 0 Å². The molecule has 3 N–H and O–H groups in total. The minimum absolute atomic E-state index is 0.0500. The summed E-state index contributed by atoms with van der Waals surface area (Å²) < 4.78 is 0. The van der Waals surface area contributed by atoms with E-state index in [4.69, 9.17) is 5.73 Å². The fraction of sp³-hybridized carbons (Fsp3) is 0.818. The van der Waals surface area contributed by atoms with Gasteiger partial charge in [-0.15, -0.1) is 0 Å². The van der Waals surface area contributed by atoms with Crippen molar-refractivity contribution in [3.05, 3.63) is 0 Å². The second kappa shape index (κ2) is 5.27. The van der Waals surface area contributed by atoms with Crippen molar-refractivity contribution in [2.45, 2.75) is 31.8 Å². The highest BCUT2D eigenvalue weighted by Crippen LogP contribution is 2.24. The minimum atomic E-state index is -0.341. The maximum atomic E-state index is 12.3. The lowest BCUT2D eigenvalue weighted by Gasteiger charge is -2.38. The van der Waals surface area contributed by atoms with Crippen molar-refractivity contribution >= 4 is 22.9 Å². The third-order valence-electron chi connectivity index (χ3n) is 3.57. The van der Waals surface area contributed by atoms with Gasteiger partial charge in [-0.3, -0.25) is 9.59 Å². The van der Waals surface area contributed by atoms with Crippen molar-refractivity contribution in [1.29, 1.82) is 0 Å². The van der Waals surface area contributed by atoms with Crippen LogP contribution in [-0.4, -0.2) is 47.0 Å². The molecule has 2 heterocycles. The quantitative estimate of drug-likeness (QED) is 0.750. The van der Waals surface area contributed by atoms with Crippen LogP contribution in [0.2, 0.25) is 0 Å². The molecule has 2 rings (SSSR count). The summed E-state index contributed by atoms with van der Waals surface area (Å²) in [4.78, 5) is 25.3. The highest BCUT2D eigenvalue weighted by atomic mass is 32.2. The van der Waals surface area contributed by atoms with E-state index in [1.165, 1.54) is 11.8 Å². The number of hydrogen-bond donors (Lipinski definition) is 2. The Labute approximate surface area is 105 Å². The molecule has 5 nitrogen and oxygen atoms in total. The van der Waals surface area contributed by atoms with Crippen LogP contribution in [-0.2, 0) is 4.79 Å². The van der Waals surface area contributed by atoms with Gasteiger partial charge in [-0.25, -0.2) is 0 Å². The molecule has 0 spiro atoms. The minimum Gasteiger partial charge on any atom is -0.338 e. The largest absolute Gasteiger partial charge is 0.338 e. The van der Waals surface area contributed by atoms with E-state index in [0.717, 1.165) is 19.4 Å². The number of thioether (sulfide) groups is 1. The van der Waals surface area contributed by atoms with Crippen molar-refractivity contribution < 1.29 is 9.59 Å². The van der Waals surface area contributed by atoms with Crippen molar-refractivity contribution in [2.75, 3.05) is 18.8 Å². The Bertz CT molecular complexity index is 324. The Morgan fingerprint density at radius 2 is 2.35 bits per heavy atom. The lowest BCUT2D eigenvalue weighted by molar-refractivity contribution is -0.136. The smallest absolute Gasteiger partial charge is 0.279 e. The number of carbonyl (C=O) groups is 2. The van der Waals surface area contributed by atoms with Crippen molar-refractivity contribution in [2.24, 2.45) is 11.7 Å². The normalized spacial score (nSPS) is 33.6. The number of likely N-dealkylation sites (tertiary alicyclic amines) is 1. The zero-order chi connectivity index (χ0) is 12.4. The van der Waals surface area contributed by atoms with E-state index < -0.39 is 0 Å². The number of hydrogen-bond acceptors (Lipinski definition) is 4. The zero-order valence-electron chi connectivity index (χ0n) is 10.0. The molecular formula is C11H19N3O2S. The van der Waals surface area contributed by atoms with Gasteiger partial charge in [0, 0.05) is 18.3 Å². The lowest BCUT2D eigenvalue weighted by atomic mass is 9.93. The molecule has 2 fully saturated rings. The first-order valence-corrected chi connectivity index (χ1v) is 7.04. The molecule has 0 bridgehead atoms. The van der Waals surface area contributed by atoms with Gasteiger partial charge < -0.3 is 16.0 Å². The first-order chi connectivity index (χ1) is 8.11. The van der Waals surface area contributed by atoms with Crippen LogP contribution >= 0.6 is 11.8 Å². The summed E-state index contributed by atoms with van der Waals surface area (Å²) in [5.41, 5.74) is 5.67. The topological polar surface area (TPSA) is 75.4 Å². The van der Waals surface area contributed by atoms with Crippen LogP contribution in [0.3, 0.4) is 0 Å². The summed E-state index contributed by atoms with van der Waals surface area (Å²) in [7, 11) is 0. The van der Waals surface area contributed by atoms with Crippen LogP contribution in [0.5, 0.6) is 0 Å². The number of nitrogens with two attached hydrogens (primary N) is 1. The van der Waals surface area contributed by atoms with E-state index in [0.29, 0.717) is 18.2 Å². The van der Waals surface area contributed by atoms with Gasteiger partial charge >= 0.3 is 0 Å². The molecule has 96 valence electrons. The van der Waals surface area contributed by atoms with Crippen LogP contribution in [0.15, 0.2) is 0 Å². The third-order valence-corrected chi connectivity index (χ3v) is 4.45. The molecule has 2 amide bonds. The van der Waals surface area contributed by atoms with Gasteiger partial charge in [0.1, 0.15) is 6.04 Å². The van der Waals surface area contributed by atoms with Gasteiger partial charge in [-0.1, -0.05) is 11.8 Å².